The van der Waals surface area contributed by atoms with Crippen LogP contribution >= 0.6 is 0 Å². The molecule has 0 aliphatic rings. The molecule has 0 aliphatic carbocycles. The number of rotatable bonds is 8. The number of anilines is 1. The average Bonchev–Trinajstić information content (AvgIpc) is 2.69. The zero-order valence-corrected chi connectivity index (χ0v) is 15.4. The fourth-order valence-electron chi connectivity index (χ4n) is 2.54. The summed E-state index contributed by atoms with van der Waals surface area (Å²) >= 11 is 0. The van der Waals surface area contributed by atoms with Crippen LogP contribution < -0.4 is 15.6 Å². The molecule has 0 spiro atoms. The number of H-pyrrole nitrogens is 1. The number of sulfonamides is 1. The lowest BCUT2D eigenvalue weighted by Gasteiger charge is -2.08. The highest BCUT2D eigenvalue weighted by Crippen LogP contribution is 2.16. The van der Waals surface area contributed by atoms with Gasteiger partial charge < -0.3 is 5.32 Å². The molecule has 0 bridgehead atoms. The molecule has 3 rings (SSSR count). The van der Waals surface area contributed by atoms with Crippen LogP contribution in [0.3, 0.4) is 0 Å². The molecule has 0 unspecified atom stereocenters. The smallest absolute Gasteiger partial charge is 0.272 e. The van der Waals surface area contributed by atoms with Crippen LogP contribution in [0.1, 0.15) is 12.0 Å². The number of hydrogen-bond acceptors (Lipinski definition) is 5. The first-order valence-corrected chi connectivity index (χ1v) is 10.0. The minimum atomic E-state index is -3.49. The van der Waals surface area contributed by atoms with Crippen LogP contribution in [0.5, 0.6) is 0 Å². The van der Waals surface area contributed by atoms with Gasteiger partial charge in [-0.25, -0.2) is 18.2 Å². The maximum Gasteiger partial charge on any atom is 0.272 e. The molecule has 0 atom stereocenters. The number of nitrogens with one attached hydrogen (secondary N) is 3. The number of hydrogen-bond donors (Lipinski definition) is 3. The summed E-state index contributed by atoms with van der Waals surface area (Å²) in [5, 5.41) is 12.0. The van der Waals surface area contributed by atoms with Crippen molar-refractivity contribution in [1.82, 2.24) is 14.9 Å². The number of nitrogens with zero attached hydrogens (tertiary/aromatic N) is 1. The zero-order chi connectivity index (χ0) is 19.1. The van der Waals surface area contributed by atoms with E-state index in [2.05, 4.69) is 20.2 Å². The lowest BCUT2D eigenvalue weighted by molar-refractivity contribution is 0.589. The SMILES string of the molecule is O=c1[nH]nc(NCCCNS(=O)(=O)C=Cc2ccccc2)c2ccccc12. The molecule has 0 saturated heterocycles. The van der Waals surface area contributed by atoms with Crippen molar-refractivity contribution in [2.45, 2.75) is 6.42 Å². The second kappa shape index (κ2) is 8.61. The van der Waals surface area contributed by atoms with Crippen molar-refractivity contribution in [3.8, 4) is 0 Å². The second-order valence-corrected chi connectivity index (χ2v) is 7.53. The fraction of sp³-hybridized carbons (Fsp3) is 0.158. The van der Waals surface area contributed by atoms with E-state index in [0.29, 0.717) is 24.2 Å². The average molecular weight is 384 g/mol. The summed E-state index contributed by atoms with van der Waals surface area (Å²) in [4.78, 5) is 11.8. The first kappa shape index (κ1) is 18.8. The highest BCUT2D eigenvalue weighted by molar-refractivity contribution is 7.92. The van der Waals surface area contributed by atoms with E-state index in [1.807, 2.05) is 42.5 Å². The standard InChI is InChI=1S/C19H20N4O3S/c24-19-17-10-5-4-9-16(17)18(22-23-19)20-12-6-13-21-27(25,26)14-11-15-7-2-1-3-8-15/h1-5,7-11,14,21H,6,12-13H2,(H,20,22)(H,23,24). The largest absolute Gasteiger partial charge is 0.368 e. The lowest BCUT2D eigenvalue weighted by Crippen LogP contribution is -2.24. The molecule has 3 aromatic rings. The first-order valence-electron chi connectivity index (χ1n) is 8.49. The quantitative estimate of drug-likeness (QED) is 0.517. The second-order valence-electron chi connectivity index (χ2n) is 5.88. The Morgan fingerprint density at radius 1 is 0.963 bits per heavy atom. The minimum absolute atomic E-state index is 0.242. The molecule has 3 N–H and O–H groups in total. The van der Waals surface area contributed by atoms with E-state index in [4.69, 9.17) is 0 Å². The highest BCUT2D eigenvalue weighted by Gasteiger charge is 2.06. The topological polar surface area (TPSA) is 104 Å². The highest BCUT2D eigenvalue weighted by atomic mass is 32.2. The molecule has 27 heavy (non-hydrogen) atoms. The molecule has 2 aromatic carbocycles. The molecule has 8 heteroatoms. The summed E-state index contributed by atoms with van der Waals surface area (Å²) in [5.41, 5.74) is 0.578. The molecule has 0 aliphatic heterocycles. The van der Waals surface area contributed by atoms with Gasteiger partial charge in [0, 0.05) is 23.9 Å². The Kier molecular flexibility index (Phi) is 6.00. The predicted octanol–water partition coefficient (Wildman–Crippen LogP) is 2.32. The maximum absolute atomic E-state index is 12.0. The molecule has 1 heterocycles. The van der Waals surface area contributed by atoms with Gasteiger partial charge in [-0.1, -0.05) is 48.5 Å². The van der Waals surface area contributed by atoms with Crippen LogP contribution in [0.4, 0.5) is 5.82 Å². The Bertz CT molecular complexity index is 1090. The van der Waals surface area contributed by atoms with Crippen LogP contribution in [0.15, 0.2) is 64.8 Å². The molecular weight excluding hydrogens is 364 g/mol. The van der Waals surface area contributed by atoms with Gasteiger partial charge in [0.05, 0.1) is 5.39 Å². The molecule has 1 aromatic heterocycles. The third-order valence-corrected chi connectivity index (χ3v) is 4.99. The van der Waals surface area contributed by atoms with E-state index in [1.165, 1.54) is 0 Å². The molecule has 0 amide bonds. The zero-order valence-electron chi connectivity index (χ0n) is 14.6. The van der Waals surface area contributed by atoms with Crippen LogP contribution in [-0.4, -0.2) is 31.7 Å². The summed E-state index contributed by atoms with van der Waals surface area (Å²) in [6, 6.07) is 16.4. The van der Waals surface area contributed by atoms with E-state index >= 15 is 0 Å². The normalized spacial score (nSPS) is 11.9. The molecule has 7 nitrogen and oxygen atoms in total. The van der Waals surface area contributed by atoms with Gasteiger partial charge >= 0.3 is 0 Å². The van der Waals surface area contributed by atoms with Gasteiger partial charge in [0.2, 0.25) is 10.0 Å². The molecule has 0 saturated carbocycles. The fourth-order valence-corrected chi connectivity index (χ4v) is 3.40. The van der Waals surface area contributed by atoms with Crippen LogP contribution in [0, 0.1) is 0 Å². The number of aromatic nitrogens is 2. The van der Waals surface area contributed by atoms with Crippen molar-refractivity contribution < 1.29 is 8.42 Å². The summed E-state index contributed by atoms with van der Waals surface area (Å²) in [6.45, 7) is 0.795. The van der Waals surface area contributed by atoms with Crippen LogP contribution in [-0.2, 0) is 10.0 Å². The summed E-state index contributed by atoms with van der Waals surface area (Å²) in [5.74, 6) is 0.567. The van der Waals surface area contributed by atoms with E-state index in [9.17, 15) is 13.2 Å². The van der Waals surface area contributed by atoms with Crippen molar-refractivity contribution in [3.63, 3.8) is 0 Å². The Labute approximate surface area is 157 Å². The number of fused-ring (bicyclic) bond motifs is 1. The summed E-state index contributed by atoms with van der Waals surface area (Å²) in [6.07, 6.45) is 2.12. The minimum Gasteiger partial charge on any atom is -0.368 e. The number of aromatic amines is 1. The van der Waals surface area contributed by atoms with E-state index in [1.54, 1.807) is 18.2 Å². The molecule has 0 fully saturated rings. The molecule has 0 radical (unpaired) electrons. The van der Waals surface area contributed by atoms with Crippen LogP contribution in [0.2, 0.25) is 0 Å². The van der Waals surface area contributed by atoms with Gasteiger partial charge in [-0.15, -0.1) is 0 Å². The van der Waals surface area contributed by atoms with Crippen molar-refractivity contribution in [2.24, 2.45) is 0 Å². The van der Waals surface area contributed by atoms with Crippen LogP contribution in [0.25, 0.3) is 16.8 Å². The van der Waals surface area contributed by atoms with Gasteiger partial charge in [-0.05, 0) is 24.1 Å². The monoisotopic (exact) mass is 384 g/mol. The van der Waals surface area contributed by atoms with E-state index < -0.39 is 10.0 Å². The summed E-state index contributed by atoms with van der Waals surface area (Å²) < 4.78 is 26.5. The Morgan fingerprint density at radius 3 is 2.44 bits per heavy atom. The van der Waals surface area contributed by atoms with Crippen molar-refractivity contribution >= 4 is 32.7 Å². The van der Waals surface area contributed by atoms with Gasteiger partial charge in [-0.2, -0.15) is 5.10 Å². The van der Waals surface area contributed by atoms with E-state index in [-0.39, 0.29) is 12.1 Å². The Morgan fingerprint density at radius 2 is 1.67 bits per heavy atom. The van der Waals surface area contributed by atoms with Crippen molar-refractivity contribution in [1.29, 1.82) is 0 Å². The third kappa shape index (κ3) is 5.25. The Hall–Kier alpha value is -2.97. The summed E-state index contributed by atoms with van der Waals surface area (Å²) in [7, 11) is -3.49. The lowest BCUT2D eigenvalue weighted by atomic mass is 10.2. The van der Waals surface area contributed by atoms with E-state index in [0.717, 1.165) is 16.4 Å². The molecular formula is C19H20N4O3S. The van der Waals surface area contributed by atoms with Gasteiger partial charge in [-0.3, -0.25) is 4.79 Å². The van der Waals surface area contributed by atoms with Gasteiger partial charge in [0.1, 0.15) is 0 Å². The van der Waals surface area contributed by atoms with Crippen molar-refractivity contribution in [2.75, 3.05) is 18.4 Å². The van der Waals surface area contributed by atoms with Gasteiger partial charge in [0.25, 0.3) is 5.56 Å². The maximum atomic E-state index is 12.0. The third-order valence-electron chi connectivity index (χ3n) is 3.88. The van der Waals surface area contributed by atoms with Gasteiger partial charge in [0.15, 0.2) is 5.82 Å². The predicted molar refractivity (Wildman–Crippen MR) is 108 cm³/mol. The van der Waals surface area contributed by atoms with Crippen molar-refractivity contribution in [3.05, 3.63) is 75.9 Å². The molecule has 140 valence electrons. The Balaban J connectivity index is 1.50. The number of benzene rings is 2. The first-order chi connectivity index (χ1) is 13.1.